The molecular weight excluding hydrogens is 432 g/mol. The number of esters is 1. The van der Waals surface area contributed by atoms with Crippen LogP contribution in [0, 0.1) is 5.92 Å². The molecule has 1 fully saturated rings. The predicted octanol–water partition coefficient (Wildman–Crippen LogP) is 4.20. The summed E-state index contributed by atoms with van der Waals surface area (Å²) < 4.78 is 19.0. The molecule has 174 valence electrons. The van der Waals surface area contributed by atoms with Gasteiger partial charge in [0.2, 0.25) is 0 Å². The summed E-state index contributed by atoms with van der Waals surface area (Å²) in [5.41, 5.74) is 4.43. The Labute approximate surface area is 197 Å². The van der Waals surface area contributed by atoms with Crippen molar-refractivity contribution in [3.63, 3.8) is 0 Å². The van der Waals surface area contributed by atoms with Crippen molar-refractivity contribution in [2.45, 2.75) is 32.2 Å². The Balaban J connectivity index is 1.51. The molecule has 0 saturated heterocycles. The number of para-hydroxylation sites is 1. The molecule has 0 bridgehead atoms. The van der Waals surface area contributed by atoms with Crippen LogP contribution in [-0.4, -0.2) is 31.0 Å². The Hall–Kier alpha value is -3.74. The van der Waals surface area contributed by atoms with Crippen molar-refractivity contribution in [1.29, 1.82) is 0 Å². The molecule has 7 nitrogen and oxygen atoms in total. The summed E-state index contributed by atoms with van der Waals surface area (Å²) in [4.78, 5) is 25.2. The van der Waals surface area contributed by atoms with Gasteiger partial charge < -0.3 is 14.2 Å². The third kappa shape index (κ3) is 3.52. The number of hydrogen-bond donors (Lipinski definition) is 0. The number of hydrogen-bond acceptors (Lipinski definition) is 6. The zero-order chi connectivity index (χ0) is 23.2. The quantitative estimate of drug-likeness (QED) is 0.516. The van der Waals surface area contributed by atoms with E-state index < -0.39 is 5.97 Å². The van der Waals surface area contributed by atoms with Gasteiger partial charge in [0.25, 0.3) is 0 Å². The zero-order valence-electron chi connectivity index (χ0n) is 19.1. The monoisotopic (exact) mass is 458 g/mol. The van der Waals surface area contributed by atoms with Crippen LogP contribution in [0.4, 0.5) is 5.69 Å². The highest BCUT2D eigenvalue weighted by Crippen LogP contribution is 2.47. The number of carbonyl (C=O) groups excluding carboxylic acids is 1. The van der Waals surface area contributed by atoms with Crippen LogP contribution < -0.4 is 19.9 Å². The normalized spacial score (nSPS) is 15.7. The molecule has 2 aromatic carbocycles. The van der Waals surface area contributed by atoms with Crippen molar-refractivity contribution in [2.75, 3.05) is 25.3 Å². The molecule has 34 heavy (non-hydrogen) atoms. The summed E-state index contributed by atoms with van der Waals surface area (Å²) in [5.74, 6) is 1.70. The van der Waals surface area contributed by atoms with E-state index in [1.807, 2.05) is 35.0 Å². The molecule has 0 spiro atoms. The van der Waals surface area contributed by atoms with Gasteiger partial charge in [-0.2, -0.15) is 0 Å². The lowest BCUT2D eigenvalue weighted by Crippen LogP contribution is -2.36. The lowest BCUT2D eigenvalue weighted by atomic mass is 9.93. The van der Waals surface area contributed by atoms with Crippen LogP contribution in [-0.2, 0) is 17.7 Å². The van der Waals surface area contributed by atoms with Gasteiger partial charge in [0.15, 0.2) is 16.9 Å². The van der Waals surface area contributed by atoms with Gasteiger partial charge in [-0.25, -0.2) is 4.79 Å². The van der Waals surface area contributed by atoms with E-state index in [1.54, 1.807) is 6.20 Å². The third-order valence-electron chi connectivity index (χ3n) is 6.83. The number of methoxy groups -OCH3 is 1. The molecule has 7 heteroatoms. The number of pyridine rings is 1. The summed E-state index contributed by atoms with van der Waals surface area (Å²) in [7, 11) is 1.28. The van der Waals surface area contributed by atoms with Crippen molar-refractivity contribution in [1.82, 2.24) is 4.68 Å². The first kappa shape index (κ1) is 20.8. The molecular formula is C27H26N2O5. The minimum absolute atomic E-state index is 0.00329. The highest BCUT2D eigenvalue weighted by Gasteiger charge is 2.32. The maximum absolute atomic E-state index is 12.9. The second-order valence-electron chi connectivity index (χ2n) is 9.06. The molecule has 3 heterocycles. The molecule has 0 amide bonds. The summed E-state index contributed by atoms with van der Waals surface area (Å²) >= 11 is 0. The van der Waals surface area contributed by atoms with E-state index in [0.717, 1.165) is 58.3 Å². The van der Waals surface area contributed by atoms with Crippen LogP contribution in [0.3, 0.4) is 0 Å². The van der Waals surface area contributed by atoms with Gasteiger partial charge in [-0.3, -0.25) is 14.5 Å². The Morgan fingerprint density at radius 3 is 2.76 bits per heavy atom. The van der Waals surface area contributed by atoms with Crippen LogP contribution in [0.2, 0.25) is 0 Å². The van der Waals surface area contributed by atoms with Gasteiger partial charge >= 0.3 is 5.97 Å². The van der Waals surface area contributed by atoms with E-state index in [0.29, 0.717) is 19.8 Å². The van der Waals surface area contributed by atoms with E-state index in [2.05, 4.69) is 11.1 Å². The minimum Gasteiger partial charge on any atom is -0.490 e. The fraction of sp³-hybridized carbons (Fsp3) is 0.333. The number of rotatable bonds is 6. The van der Waals surface area contributed by atoms with Crippen molar-refractivity contribution in [3.05, 3.63) is 75.6 Å². The first-order chi connectivity index (χ1) is 16.6. The van der Waals surface area contributed by atoms with Gasteiger partial charge in [-0.05, 0) is 36.1 Å². The predicted molar refractivity (Wildman–Crippen MR) is 128 cm³/mol. The Morgan fingerprint density at radius 1 is 1.18 bits per heavy atom. The maximum Gasteiger partial charge on any atom is 0.343 e. The fourth-order valence-electron chi connectivity index (χ4n) is 4.92. The Morgan fingerprint density at radius 2 is 2.00 bits per heavy atom. The van der Waals surface area contributed by atoms with Gasteiger partial charge in [0.1, 0.15) is 5.56 Å². The van der Waals surface area contributed by atoms with Gasteiger partial charge in [0.05, 0.1) is 38.2 Å². The summed E-state index contributed by atoms with van der Waals surface area (Å²) in [6.07, 6.45) is 5.99. The van der Waals surface area contributed by atoms with Gasteiger partial charge in [-0.15, -0.1) is 0 Å². The second-order valence-corrected chi connectivity index (χ2v) is 9.06. The van der Waals surface area contributed by atoms with Crippen LogP contribution in [0.1, 0.15) is 40.7 Å². The topological polar surface area (TPSA) is 70.0 Å². The number of nitrogens with zero attached hydrogens (tertiary/aromatic N) is 2. The molecule has 0 unspecified atom stereocenters. The standard InChI is InChI=1S/C27H26N2O5/c1-32-27(31)21-16-29-22(14-23(21)30)25-18(15-28(29)19-5-3-2-4-6-19)13-24(26-20(25)10-12-34-26)33-11-9-17-7-8-17/h2-6,13-14,16-17H,7-12,15H2,1H3. The van der Waals surface area contributed by atoms with Crippen molar-refractivity contribution in [2.24, 2.45) is 5.92 Å². The Kier molecular flexibility index (Phi) is 5.05. The molecule has 0 radical (unpaired) electrons. The second kappa shape index (κ2) is 8.24. The van der Waals surface area contributed by atoms with Crippen LogP contribution in [0.25, 0.3) is 11.3 Å². The number of fused-ring (bicyclic) bond motifs is 5. The van der Waals surface area contributed by atoms with Crippen molar-refractivity contribution < 1.29 is 19.0 Å². The Bertz CT molecular complexity index is 1330. The van der Waals surface area contributed by atoms with E-state index in [9.17, 15) is 9.59 Å². The number of anilines is 1. The zero-order valence-corrected chi connectivity index (χ0v) is 19.1. The molecule has 2 aliphatic heterocycles. The summed E-state index contributed by atoms with van der Waals surface area (Å²) in [5, 5.41) is 2.06. The largest absolute Gasteiger partial charge is 0.490 e. The first-order valence-corrected chi connectivity index (χ1v) is 11.8. The molecule has 6 rings (SSSR count). The lowest BCUT2D eigenvalue weighted by molar-refractivity contribution is 0.0598. The van der Waals surface area contributed by atoms with Crippen LogP contribution >= 0.6 is 0 Å². The number of benzene rings is 2. The minimum atomic E-state index is -0.646. The van der Waals surface area contributed by atoms with Crippen LogP contribution in [0.5, 0.6) is 11.5 Å². The van der Waals surface area contributed by atoms with Crippen molar-refractivity contribution in [3.8, 4) is 22.8 Å². The van der Waals surface area contributed by atoms with E-state index in [4.69, 9.17) is 14.2 Å². The van der Waals surface area contributed by atoms with Gasteiger partial charge in [0, 0.05) is 29.8 Å². The average molecular weight is 459 g/mol. The number of ether oxygens (including phenoxy) is 3. The molecule has 3 aromatic rings. The highest BCUT2D eigenvalue weighted by atomic mass is 16.5. The van der Waals surface area contributed by atoms with E-state index >= 15 is 0 Å². The number of carbonyl (C=O) groups is 1. The average Bonchev–Trinajstić information content (AvgIpc) is 3.55. The highest BCUT2D eigenvalue weighted by molar-refractivity contribution is 5.90. The molecule has 0 N–H and O–H groups in total. The number of aromatic nitrogens is 1. The molecule has 1 aromatic heterocycles. The lowest BCUT2D eigenvalue weighted by Gasteiger charge is -2.36. The third-order valence-corrected chi connectivity index (χ3v) is 6.83. The van der Waals surface area contributed by atoms with E-state index in [1.165, 1.54) is 26.0 Å². The fourth-order valence-corrected chi connectivity index (χ4v) is 4.92. The summed E-state index contributed by atoms with van der Waals surface area (Å²) in [6, 6.07) is 13.5. The SMILES string of the molecule is COC(=O)c1cn2c(cc1=O)-c1c(cc(OCCC3CC3)c3c1CCO3)CN2c1ccccc1. The van der Waals surface area contributed by atoms with Crippen molar-refractivity contribution >= 4 is 11.7 Å². The van der Waals surface area contributed by atoms with E-state index in [-0.39, 0.29) is 11.0 Å². The maximum atomic E-state index is 12.9. The first-order valence-electron chi connectivity index (χ1n) is 11.8. The van der Waals surface area contributed by atoms with Gasteiger partial charge in [-0.1, -0.05) is 31.0 Å². The van der Waals surface area contributed by atoms with Crippen LogP contribution in [0.15, 0.2) is 53.5 Å². The molecule has 1 saturated carbocycles. The smallest absolute Gasteiger partial charge is 0.343 e. The molecule has 0 atom stereocenters. The summed E-state index contributed by atoms with van der Waals surface area (Å²) in [6.45, 7) is 1.82. The molecule has 3 aliphatic rings. The molecule has 1 aliphatic carbocycles.